The van der Waals surface area contributed by atoms with E-state index in [1.165, 1.54) is 12.1 Å². The molecule has 0 fully saturated rings. The number of aromatic nitrogens is 2. The predicted molar refractivity (Wildman–Crippen MR) is 63.7 cm³/mol. The van der Waals surface area contributed by atoms with Gasteiger partial charge in [0, 0.05) is 18.4 Å². The number of halogens is 1. The topological polar surface area (TPSA) is 37.8 Å². The van der Waals surface area contributed by atoms with Crippen LogP contribution in [0, 0.1) is 5.82 Å². The summed E-state index contributed by atoms with van der Waals surface area (Å²) in [7, 11) is 0. The van der Waals surface area contributed by atoms with Crippen LogP contribution in [0.2, 0.25) is 0 Å². The summed E-state index contributed by atoms with van der Waals surface area (Å²) in [6, 6.07) is 8.41. The number of nitrogens with one attached hydrogen (secondary N) is 1. The minimum Gasteiger partial charge on any atom is -0.303 e. The first-order valence-corrected chi connectivity index (χ1v) is 5.50. The van der Waals surface area contributed by atoms with E-state index in [4.69, 9.17) is 0 Å². The number of hydrogen-bond acceptors (Lipinski definition) is 3. The van der Waals surface area contributed by atoms with Gasteiger partial charge in [-0.1, -0.05) is 12.1 Å². The molecule has 1 atom stereocenters. The van der Waals surface area contributed by atoms with Crippen molar-refractivity contribution >= 4 is 0 Å². The quantitative estimate of drug-likeness (QED) is 0.878. The minimum absolute atomic E-state index is 0.138. The van der Waals surface area contributed by atoms with Gasteiger partial charge >= 0.3 is 0 Å². The summed E-state index contributed by atoms with van der Waals surface area (Å²) < 4.78 is 12.8. The van der Waals surface area contributed by atoms with Crippen LogP contribution >= 0.6 is 0 Å². The molecule has 2 rings (SSSR count). The Morgan fingerprint density at radius 3 is 2.47 bits per heavy atom. The fourth-order valence-corrected chi connectivity index (χ4v) is 1.53. The molecule has 1 N–H and O–H groups in total. The van der Waals surface area contributed by atoms with Crippen molar-refractivity contribution in [2.24, 2.45) is 0 Å². The second-order valence-corrected chi connectivity index (χ2v) is 3.82. The maximum atomic E-state index is 12.8. The molecule has 0 unspecified atom stereocenters. The summed E-state index contributed by atoms with van der Waals surface area (Å²) in [4.78, 5) is 8.25. The number of benzene rings is 1. The standard InChI is InChI=1S/C13H14FN3/c1-10(11-3-5-12(14)6-4-11)17-9-13-15-7-2-8-16-13/h2-8,10,17H,9H2,1H3/t10-/m0/s1. The first-order valence-electron chi connectivity index (χ1n) is 5.50. The molecule has 0 aliphatic carbocycles. The number of nitrogens with zero attached hydrogens (tertiary/aromatic N) is 2. The van der Waals surface area contributed by atoms with E-state index in [-0.39, 0.29) is 11.9 Å². The van der Waals surface area contributed by atoms with Crippen molar-refractivity contribution in [3.8, 4) is 0 Å². The van der Waals surface area contributed by atoms with Gasteiger partial charge in [0.2, 0.25) is 0 Å². The lowest BCUT2D eigenvalue weighted by Gasteiger charge is -2.13. The Morgan fingerprint density at radius 1 is 1.18 bits per heavy atom. The molecule has 3 nitrogen and oxygen atoms in total. The van der Waals surface area contributed by atoms with Gasteiger partial charge in [0.1, 0.15) is 11.6 Å². The second-order valence-electron chi connectivity index (χ2n) is 3.82. The summed E-state index contributed by atoms with van der Waals surface area (Å²) in [5.41, 5.74) is 1.04. The Morgan fingerprint density at radius 2 is 1.82 bits per heavy atom. The third kappa shape index (κ3) is 3.32. The van der Waals surface area contributed by atoms with Gasteiger partial charge in [-0.25, -0.2) is 14.4 Å². The van der Waals surface area contributed by atoms with Gasteiger partial charge in [0.25, 0.3) is 0 Å². The molecule has 0 spiro atoms. The Kier molecular flexibility index (Phi) is 3.77. The normalized spacial score (nSPS) is 12.4. The van der Waals surface area contributed by atoms with Gasteiger partial charge in [-0.15, -0.1) is 0 Å². The summed E-state index contributed by atoms with van der Waals surface area (Å²) in [6.07, 6.45) is 3.43. The summed E-state index contributed by atoms with van der Waals surface area (Å²) in [5.74, 6) is 0.536. The summed E-state index contributed by atoms with van der Waals surface area (Å²) in [6.45, 7) is 2.62. The van der Waals surface area contributed by atoms with Crippen LogP contribution in [0.4, 0.5) is 4.39 Å². The molecule has 88 valence electrons. The molecule has 17 heavy (non-hydrogen) atoms. The van der Waals surface area contributed by atoms with E-state index < -0.39 is 0 Å². The van der Waals surface area contributed by atoms with Crippen molar-refractivity contribution < 1.29 is 4.39 Å². The van der Waals surface area contributed by atoms with E-state index in [1.54, 1.807) is 30.6 Å². The van der Waals surface area contributed by atoms with Crippen molar-refractivity contribution in [2.45, 2.75) is 19.5 Å². The molecule has 1 heterocycles. The van der Waals surface area contributed by atoms with Crippen LogP contribution in [0.15, 0.2) is 42.7 Å². The SMILES string of the molecule is C[C@H](NCc1ncccn1)c1ccc(F)cc1. The lowest BCUT2D eigenvalue weighted by Crippen LogP contribution is -2.19. The van der Waals surface area contributed by atoms with E-state index in [9.17, 15) is 4.39 Å². The van der Waals surface area contributed by atoms with Crippen LogP contribution in [0.5, 0.6) is 0 Å². The van der Waals surface area contributed by atoms with Gasteiger partial charge in [-0.05, 0) is 30.7 Å². The van der Waals surface area contributed by atoms with Crippen LogP contribution in [0.25, 0.3) is 0 Å². The van der Waals surface area contributed by atoms with Crippen LogP contribution in [-0.2, 0) is 6.54 Å². The first kappa shape index (κ1) is 11.7. The molecule has 0 aliphatic heterocycles. The molecule has 2 aromatic rings. The highest BCUT2D eigenvalue weighted by molar-refractivity contribution is 5.19. The molecule has 0 radical (unpaired) electrons. The first-order chi connectivity index (χ1) is 8.25. The lowest BCUT2D eigenvalue weighted by atomic mass is 10.1. The largest absolute Gasteiger partial charge is 0.303 e. The van der Waals surface area contributed by atoms with Crippen molar-refractivity contribution in [3.05, 3.63) is 59.9 Å². The van der Waals surface area contributed by atoms with Crippen LogP contribution in [0.3, 0.4) is 0 Å². The monoisotopic (exact) mass is 231 g/mol. The zero-order valence-corrected chi connectivity index (χ0v) is 9.60. The average molecular weight is 231 g/mol. The Hall–Kier alpha value is -1.81. The summed E-state index contributed by atoms with van der Waals surface area (Å²) in [5, 5.41) is 3.29. The third-order valence-corrected chi connectivity index (χ3v) is 2.56. The molecule has 0 saturated carbocycles. The van der Waals surface area contributed by atoms with Crippen molar-refractivity contribution in [3.63, 3.8) is 0 Å². The van der Waals surface area contributed by atoms with Gasteiger partial charge in [-0.3, -0.25) is 0 Å². The smallest absolute Gasteiger partial charge is 0.141 e. The Balaban J connectivity index is 1.93. The van der Waals surface area contributed by atoms with Gasteiger partial charge in [0.05, 0.1) is 6.54 Å². The van der Waals surface area contributed by atoms with E-state index in [0.717, 1.165) is 11.4 Å². The van der Waals surface area contributed by atoms with E-state index in [0.29, 0.717) is 6.54 Å². The van der Waals surface area contributed by atoms with E-state index >= 15 is 0 Å². The third-order valence-electron chi connectivity index (χ3n) is 2.56. The molecule has 4 heteroatoms. The highest BCUT2D eigenvalue weighted by atomic mass is 19.1. The van der Waals surface area contributed by atoms with Crippen LogP contribution in [0.1, 0.15) is 24.4 Å². The van der Waals surface area contributed by atoms with Crippen LogP contribution < -0.4 is 5.32 Å². The number of rotatable bonds is 4. The van der Waals surface area contributed by atoms with Gasteiger partial charge < -0.3 is 5.32 Å². The molecule has 0 amide bonds. The molecular weight excluding hydrogens is 217 g/mol. The average Bonchev–Trinajstić information content (AvgIpc) is 2.38. The Bertz CT molecular complexity index is 456. The number of hydrogen-bond donors (Lipinski definition) is 1. The van der Waals surface area contributed by atoms with Crippen LogP contribution in [-0.4, -0.2) is 9.97 Å². The predicted octanol–water partition coefficient (Wildman–Crippen LogP) is 2.47. The molecule has 0 saturated heterocycles. The highest BCUT2D eigenvalue weighted by Gasteiger charge is 2.05. The Labute approximate surface area is 99.7 Å². The zero-order chi connectivity index (χ0) is 12.1. The molecule has 0 aliphatic rings. The van der Waals surface area contributed by atoms with Gasteiger partial charge in [0.15, 0.2) is 0 Å². The highest BCUT2D eigenvalue weighted by Crippen LogP contribution is 2.12. The molecule has 1 aromatic carbocycles. The maximum Gasteiger partial charge on any atom is 0.141 e. The van der Waals surface area contributed by atoms with E-state index in [2.05, 4.69) is 15.3 Å². The molecule has 1 aromatic heterocycles. The fraction of sp³-hybridized carbons (Fsp3) is 0.231. The second kappa shape index (κ2) is 5.50. The lowest BCUT2D eigenvalue weighted by molar-refractivity contribution is 0.556. The van der Waals surface area contributed by atoms with Crippen molar-refractivity contribution in [1.29, 1.82) is 0 Å². The zero-order valence-electron chi connectivity index (χ0n) is 9.60. The van der Waals surface area contributed by atoms with Crippen molar-refractivity contribution in [1.82, 2.24) is 15.3 Å². The van der Waals surface area contributed by atoms with Crippen molar-refractivity contribution in [2.75, 3.05) is 0 Å². The molecule has 0 bridgehead atoms. The van der Waals surface area contributed by atoms with Gasteiger partial charge in [-0.2, -0.15) is 0 Å². The minimum atomic E-state index is -0.215. The fourth-order valence-electron chi connectivity index (χ4n) is 1.53. The molecular formula is C13H14FN3. The summed E-state index contributed by atoms with van der Waals surface area (Å²) >= 11 is 0. The maximum absolute atomic E-state index is 12.8. The van der Waals surface area contributed by atoms with E-state index in [1.807, 2.05) is 6.92 Å².